The van der Waals surface area contributed by atoms with Crippen LogP contribution in [0, 0.1) is 0 Å². The summed E-state index contributed by atoms with van der Waals surface area (Å²) >= 11 is 3.45. The molecule has 0 radical (unpaired) electrons. The fraction of sp³-hybridized carbons (Fsp3) is 0.500. The van der Waals surface area contributed by atoms with Crippen LogP contribution in [-0.2, 0) is 9.59 Å². The first-order valence-corrected chi connectivity index (χ1v) is 2.87. The fourth-order valence-electron chi connectivity index (χ4n) is 0.289. The van der Waals surface area contributed by atoms with Crippen LogP contribution >= 0.6 is 12.6 Å². The third kappa shape index (κ3) is 2.24. The molecule has 5 nitrogen and oxygen atoms in total. The quantitative estimate of drug-likeness (QED) is 0.393. The van der Waals surface area contributed by atoms with Gasteiger partial charge in [-0.3, -0.25) is 9.59 Å². The summed E-state index contributed by atoms with van der Waals surface area (Å²) in [5.74, 6) is -2.71. The standard InChI is InChI=1S/C4H7NO4S/c5-1(3(6)7)2(10)4(8)9/h1-2,10H,5H2,(H,6,7)(H,8,9)/t1-,2+/m0/s1. The molecule has 0 rings (SSSR count). The maximum absolute atomic E-state index is 10.0. The minimum Gasteiger partial charge on any atom is -0.480 e. The van der Waals surface area contributed by atoms with Gasteiger partial charge in [-0.1, -0.05) is 0 Å². The van der Waals surface area contributed by atoms with Crippen molar-refractivity contribution in [2.24, 2.45) is 5.73 Å². The molecule has 0 aliphatic rings. The van der Waals surface area contributed by atoms with Crippen LogP contribution in [0.25, 0.3) is 0 Å². The molecule has 0 saturated heterocycles. The highest BCUT2D eigenvalue weighted by Crippen LogP contribution is 1.99. The molecule has 4 N–H and O–H groups in total. The second-order valence-electron chi connectivity index (χ2n) is 1.65. The van der Waals surface area contributed by atoms with Gasteiger partial charge >= 0.3 is 11.9 Å². The Hall–Kier alpha value is -0.750. The molecular formula is C4H7NO4S. The van der Waals surface area contributed by atoms with Gasteiger partial charge in [0.2, 0.25) is 0 Å². The number of carbonyl (C=O) groups is 2. The number of carboxylic acid groups (broad SMARTS) is 2. The van der Waals surface area contributed by atoms with Gasteiger partial charge in [-0.05, 0) is 0 Å². The summed E-state index contributed by atoms with van der Waals surface area (Å²) in [6.07, 6.45) is 0. The summed E-state index contributed by atoms with van der Waals surface area (Å²) in [5.41, 5.74) is 4.90. The zero-order chi connectivity index (χ0) is 8.31. The number of carboxylic acids is 2. The maximum atomic E-state index is 10.0. The Kier molecular flexibility index (Phi) is 3.17. The summed E-state index contributed by atoms with van der Waals surface area (Å²) in [7, 11) is 0. The Morgan fingerprint density at radius 3 is 1.80 bits per heavy atom. The van der Waals surface area contributed by atoms with Crippen LogP contribution < -0.4 is 5.73 Å². The topological polar surface area (TPSA) is 101 Å². The lowest BCUT2D eigenvalue weighted by atomic mass is 10.2. The average molecular weight is 165 g/mol. The summed E-state index contributed by atoms with van der Waals surface area (Å²) in [5, 5.41) is 15.0. The minimum absolute atomic E-state index is 1.33. The minimum atomic E-state index is -1.46. The van der Waals surface area contributed by atoms with E-state index in [1.807, 2.05) is 0 Å². The fourth-order valence-corrected chi connectivity index (χ4v) is 0.416. The Balaban J connectivity index is 4.07. The van der Waals surface area contributed by atoms with Gasteiger partial charge in [0.1, 0.15) is 11.3 Å². The zero-order valence-corrected chi connectivity index (χ0v) is 5.78. The van der Waals surface area contributed by atoms with E-state index >= 15 is 0 Å². The summed E-state index contributed by atoms with van der Waals surface area (Å²) < 4.78 is 0. The number of hydrogen-bond acceptors (Lipinski definition) is 4. The number of nitrogens with two attached hydrogens (primary N) is 1. The number of thiol groups is 1. The van der Waals surface area contributed by atoms with Crippen LogP contribution in [0.4, 0.5) is 0 Å². The van der Waals surface area contributed by atoms with Gasteiger partial charge in [-0.15, -0.1) is 0 Å². The molecule has 0 bridgehead atoms. The highest BCUT2D eigenvalue weighted by Gasteiger charge is 2.26. The van der Waals surface area contributed by atoms with Crippen molar-refractivity contribution in [2.75, 3.05) is 0 Å². The van der Waals surface area contributed by atoms with Crippen molar-refractivity contribution >= 4 is 24.6 Å². The molecular weight excluding hydrogens is 158 g/mol. The van der Waals surface area contributed by atoms with Crippen LogP contribution in [0.2, 0.25) is 0 Å². The second kappa shape index (κ2) is 3.43. The molecule has 0 aromatic carbocycles. The Morgan fingerprint density at radius 1 is 1.30 bits per heavy atom. The normalized spacial score (nSPS) is 15.8. The summed E-state index contributed by atoms with van der Waals surface area (Å²) in [6, 6.07) is -1.46. The molecule has 0 heterocycles. The second-order valence-corrected chi connectivity index (χ2v) is 2.20. The monoisotopic (exact) mass is 165 g/mol. The molecule has 10 heavy (non-hydrogen) atoms. The molecule has 0 aromatic heterocycles. The number of aliphatic carboxylic acids is 2. The highest BCUT2D eigenvalue weighted by molar-refractivity contribution is 7.81. The third-order valence-corrected chi connectivity index (χ3v) is 1.42. The van der Waals surface area contributed by atoms with E-state index in [2.05, 4.69) is 12.6 Å². The van der Waals surface area contributed by atoms with E-state index in [0.717, 1.165) is 0 Å². The molecule has 0 aliphatic carbocycles. The van der Waals surface area contributed by atoms with E-state index in [1.165, 1.54) is 0 Å². The predicted molar refractivity (Wildman–Crippen MR) is 36.0 cm³/mol. The van der Waals surface area contributed by atoms with E-state index in [1.54, 1.807) is 0 Å². The number of hydrogen-bond donors (Lipinski definition) is 4. The molecule has 0 fully saturated rings. The van der Waals surface area contributed by atoms with Crippen LogP contribution in [0.1, 0.15) is 0 Å². The first-order valence-electron chi connectivity index (χ1n) is 2.36. The predicted octanol–water partition coefficient (Wildman–Crippen LogP) is -1.22. The molecule has 58 valence electrons. The zero-order valence-electron chi connectivity index (χ0n) is 4.89. The Labute approximate surface area is 62.2 Å². The van der Waals surface area contributed by atoms with Crippen molar-refractivity contribution < 1.29 is 19.8 Å². The number of rotatable bonds is 3. The van der Waals surface area contributed by atoms with Crippen molar-refractivity contribution in [2.45, 2.75) is 11.3 Å². The molecule has 0 aromatic rings. The lowest BCUT2D eigenvalue weighted by Crippen LogP contribution is -2.43. The van der Waals surface area contributed by atoms with Crippen molar-refractivity contribution in [3.8, 4) is 0 Å². The first kappa shape index (κ1) is 9.25. The van der Waals surface area contributed by atoms with Gasteiger partial charge in [0, 0.05) is 0 Å². The van der Waals surface area contributed by atoms with Crippen molar-refractivity contribution in [3.05, 3.63) is 0 Å². The Morgan fingerprint density at radius 2 is 1.70 bits per heavy atom. The SMILES string of the molecule is N[C@H](C(=O)O)[C@@H](S)C(=O)O. The van der Waals surface area contributed by atoms with E-state index < -0.39 is 23.2 Å². The summed E-state index contributed by atoms with van der Waals surface area (Å²) in [6.45, 7) is 0. The first-order chi connectivity index (χ1) is 4.46. The van der Waals surface area contributed by atoms with E-state index in [-0.39, 0.29) is 0 Å². The lowest BCUT2D eigenvalue weighted by molar-refractivity contribution is -0.144. The van der Waals surface area contributed by atoms with Crippen molar-refractivity contribution in [1.82, 2.24) is 0 Å². The molecule has 0 spiro atoms. The van der Waals surface area contributed by atoms with Crippen LogP contribution in [0.5, 0.6) is 0 Å². The van der Waals surface area contributed by atoms with Crippen LogP contribution in [-0.4, -0.2) is 33.4 Å². The molecule has 0 amide bonds. The van der Waals surface area contributed by atoms with Crippen LogP contribution in [0.15, 0.2) is 0 Å². The molecule has 0 aliphatic heterocycles. The molecule has 6 heteroatoms. The van der Waals surface area contributed by atoms with Gasteiger partial charge in [0.25, 0.3) is 0 Å². The highest BCUT2D eigenvalue weighted by atomic mass is 32.1. The van der Waals surface area contributed by atoms with Crippen molar-refractivity contribution in [1.29, 1.82) is 0 Å². The van der Waals surface area contributed by atoms with Gasteiger partial charge in [0.05, 0.1) is 0 Å². The van der Waals surface area contributed by atoms with E-state index in [9.17, 15) is 9.59 Å². The summed E-state index contributed by atoms with van der Waals surface area (Å²) in [4.78, 5) is 20.0. The molecule has 0 saturated carbocycles. The van der Waals surface area contributed by atoms with Crippen LogP contribution in [0.3, 0.4) is 0 Å². The molecule has 0 unspecified atom stereocenters. The van der Waals surface area contributed by atoms with E-state index in [0.29, 0.717) is 0 Å². The Bertz CT molecular complexity index is 141. The third-order valence-electron chi connectivity index (χ3n) is 0.878. The largest absolute Gasteiger partial charge is 0.480 e. The van der Waals surface area contributed by atoms with Gasteiger partial charge in [-0.2, -0.15) is 12.6 Å². The molecule has 2 atom stereocenters. The smallest absolute Gasteiger partial charge is 0.322 e. The van der Waals surface area contributed by atoms with Gasteiger partial charge in [0.15, 0.2) is 0 Å². The van der Waals surface area contributed by atoms with Gasteiger partial charge in [-0.25, -0.2) is 0 Å². The lowest BCUT2D eigenvalue weighted by Gasteiger charge is -2.08. The average Bonchev–Trinajstić information content (AvgIpc) is 1.84. The van der Waals surface area contributed by atoms with Gasteiger partial charge < -0.3 is 15.9 Å². The maximum Gasteiger partial charge on any atom is 0.322 e. The van der Waals surface area contributed by atoms with E-state index in [4.69, 9.17) is 15.9 Å². The van der Waals surface area contributed by atoms with Crippen molar-refractivity contribution in [3.63, 3.8) is 0 Å².